The van der Waals surface area contributed by atoms with Crippen LogP contribution in [0.4, 0.5) is 11.5 Å². The van der Waals surface area contributed by atoms with Crippen molar-refractivity contribution in [1.29, 1.82) is 0 Å². The first-order valence-electron chi connectivity index (χ1n) is 8.97. The molecule has 1 fully saturated rings. The number of methoxy groups -OCH3 is 1. The number of benzene rings is 1. The summed E-state index contributed by atoms with van der Waals surface area (Å²) in [4.78, 5) is 34.9. The smallest absolute Gasteiger partial charge is 0.373 e. The number of anilines is 1. The molecule has 1 aliphatic rings. The third kappa shape index (κ3) is 4.66. The Labute approximate surface area is 167 Å². The minimum Gasteiger partial charge on any atom is -0.465 e. The van der Waals surface area contributed by atoms with Gasteiger partial charge in [0, 0.05) is 32.7 Å². The summed E-state index contributed by atoms with van der Waals surface area (Å²) in [6.07, 6.45) is 3.08. The van der Waals surface area contributed by atoms with E-state index in [0.717, 1.165) is 19.6 Å². The molecule has 0 aliphatic carbocycles. The zero-order chi connectivity index (χ0) is 20.8. The number of aromatic nitrogens is 2. The molecule has 0 spiro atoms. The van der Waals surface area contributed by atoms with Crippen molar-refractivity contribution in [1.82, 2.24) is 14.9 Å². The van der Waals surface area contributed by atoms with E-state index in [4.69, 9.17) is 4.74 Å². The number of ether oxygens (including phenoxy) is 2. The average Bonchev–Trinajstić information content (AvgIpc) is 2.74. The van der Waals surface area contributed by atoms with Crippen molar-refractivity contribution >= 4 is 17.5 Å². The van der Waals surface area contributed by atoms with Crippen LogP contribution in [0.25, 0.3) is 0 Å². The van der Waals surface area contributed by atoms with Gasteiger partial charge in [-0.1, -0.05) is 6.08 Å². The molecule has 0 atom stereocenters. The predicted molar refractivity (Wildman–Crippen MR) is 105 cm³/mol. The molecule has 0 N–H and O–H groups in total. The first kappa shape index (κ1) is 20.2. The van der Waals surface area contributed by atoms with Gasteiger partial charge in [-0.25, -0.2) is 9.78 Å². The van der Waals surface area contributed by atoms with Crippen molar-refractivity contribution in [3.63, 3.8) is 0 Å². The monoisotopic (exact) mass is 399 g/mol. The van der Waals surface area contributed by atoms with Crippen LogP contribution in [0.1, 0.15) is 10.4 Å². The molecule has 29 heavy (non-hydrogen) atoms. The Morgan fingerprint density at radius 2 is 1.93 bits per heavy atom. The summed E-state index contributed by atoms with van der Waals surface area (Å²) in [5, 5.41) is 11.8. The lowest BCUT2D eigenvalue weighted by Crippen LogP contribution is -2.46. The Bertz CT molecular complexity index is 894. The maximum Gasteiger partial charge on any atom is 0.373 e. The summed E-state index contributed by atoms with van der Waals surface area (Å²) in [6.45, 7) is 7.20. The Hall–Kier alpha value is -3.53. The highest BCUT2D eigenvalue weighted by Gasteiger charge is 2.30. The molecule has 0 radical (unpaired) electrons. The summed E-state index contributed by atoms with van der Waals surface area (Å²) in [5.74, 6) is -0.104. The highest BCUT2D eigenvalue weighted by Crippen LogP contribution is 2.36. The van der Waals surface area contributed by atoms with Gasteiger partial charge < -0.3 is 14.4 Å². The van der Waals surface area contributed by atoms with Crippen LogP contribution in [-0.4, -0.2) is 65.6 Å². The van der Waals surface area contributed by atoms with Crippen LogP contribution in [0, 0.1) is 10.1 Å². The van der Waals surface area contributed by atoms with Crippen LogP contribution in [-0.2, 0) is 4.74 Å². The predicted octanol–water partition coefficient (Wildman–Crippen LogP) is 2.27. The minimum absolute atomic E-state index is 0.153. The second kappa shape index (κ2) is 9.11. The number of hydrogen-bond acceptors (Lipinski definition) is 9. The number of piperazine rings is 1. The van der Waals surface area contributed by atoms with Crippen LogP contribution in [0.3, 0.4) is 0 Å². The fourth-order valence-corrected chi connectivity index (χ4v) is 3.03. The first-order chi connectivity index (χ1) is 14.0. The van der Waals surface area contributed by atoms with Gasteiger partial charge in [0.25, 0.3) is 0 Å². The number of rotatable bonds is 7. The van der Waals surface area contributed by atoms with E-state index in [9.17, 15) is 14.9 Å². The molecule has 1 aromatic heterocycles. The lowest BCUT2D eigenvalue weighted by Gasteiger charge is -2.34. The van der Waals surface area contributed by atoms with Crippen LogP contribution < -0.4 is 9.64 Å². The van der Waals surface area contributed by atoms with Crippen molar-refractivity contribution in [2.45, 2.75) is 0 Å². The number of carbonyl (C=O) groups is 1. The molecule has 0 bridgehead atoms. The third-order valence-electron chi connectivity index (χ3n) is 4.50. The number of carbonyl (C=O) groups excluding carboxylic acids is 1. The molecule has 152 valence electrons. The SMILES string of the molecule is C=CCN1CCN(c2ncnc(Oc3ccc(C(=O)OC)cc3)c2[N+](=O)[O-])CC1. The molecule has 2 aromatic rings. The first-order valence-corrected chi connectivity index (χ1v) is 8.97. The highest BCUT2D eigenvalue weighted by atomic mass is 16.6. The van der Waals surface area contributed by atoms with Crippen molar-refractivity contribution in [3.8, 4) is 11.6 Å². The molecule has 1 aromatic carbocycles. The largest absolute Gasteiger partial charge is 0.465 e. The van der Waals surface area contributed by atoms with Gasteiger partial charge >= 0.3 is 17.5 Å². The standard InChI is InChI=1S/C19H21N5O5/c1-3-8-22-9-11-23(12-10-22)17-16(24(26)27)18(21-13-20-17)29-15-6-4-14(5-7-15)19(25)28-2/h3-7,13H,1,8-12H2,2H3. The molecule has 1 aliphatic heterocycles. The summed E-state index contributed by atoms with van der Waals surface area (Å²) < 4.78 is 10.3. The lowest BCUT2D eigenvalue weighted by molar-refractivity contribution is -0.385. The molecule has 0 amide bonds. The van der Waals surface area contributed by atoms with Crippen molar-refractivity contribution < 1.29 is 19.2 Å². The Morgan fingerprint density at radius 3 is 2.52 bits per heavy atom. The normalized spacial score (nSPS) is 14.3. The van der Waals surface area contributed by atoms with Crippen LogP contribution in [0.2, 0.25) is 0 Å². The quantitative estimate of drug-likeness (QED) is 0.299. The number of esters is 1. The molecule has 0 saturated carbocycles. The van der Waals surface area contributed by atoms with Crippen molar-refractivity contribution in [2.24, 2.45) is 0 Å². The van der Waals surface area contributed by atoms with Gasteiger partial charge in [0.1, 0.15) is 12.1 Å². The maximum atomic E-state index is 11.8. The van der Waals surface area contributed by atoms with Gasteiger partial charge in [-0.15, -0.1) is 6.58 Å². The fraction of sp³-hybridized carbons (Fsp3) is 0.316. The molecule has 3 rings (SSSR count). The van der Waals surface area contributed by atoms with Crippen LogP contribution in [0.15, 0.2) is 43.2 Å². The summed E-state index contributed by atoms with van der Waals surface area (Å²) >= 11 is 0. The van der Waals surface area contributed by atoms with Gasteiger partial charge in [-0.05, 0) is 24.3 Å². The van der Waals surface area contributed by atoms with E-state index >= 15 is 0 Å². The molecule has 10 heteroatoms. The summed E-state index contributed by atoms with van der Waals surface area (Å²) in [7, 11) is 1.29. The molecule has 10 nitrogen and oxygen atoms in total. The van der Waals surface area contributed by atoms with E-state index in [1.807, 2.05) is 11.0 Å². The molecular formula is C19H21N5O5. The summed E-state index contributed by atoms with van der Waals surface area (Å²) in [5.41, 5.74) is 0.0526. The third-order valence-corrected chi connectivity index (χ3v) is 4.50. The molecule has 0 unspecified atom stereocenters. The Kier molecular flexibility index (Phi) is 6.35. The van der Waals surface area contributed by atoms with Gasteiger partial charge in [-0.3, -0.25) is 15.0 Å². The number of hydrogen-bond donors (Lipinski definition) is 0. The van der Waals surface area contributed by atoms with E-state index in [1.165, 1.54) is 37.7 Å². The summed E-state index contributed by atoms with van der Waals surface area (Å²) in [6, 6.07) is 6.06. The Morgan fingerprint density at radius 1 is 1.24 bits per heavy atom. The Balaban J connectivity index is 1.83. The van der Waals surface area contributed by atoms with Crippen molar-refractivity contribution in [3.05, 3.63) is 58.9 Å². The van der Waals surface area contributed by atoms with E-state index in [-0.39, 0.29) is 17.4 Å². The van der Waals surface area contributed by atoms with Crippen molar-refractivity contribution in [2.75, 3.05) is 44.7 Å². The van der Waals surface area contributed by atoms with Gasteiger partial charge in [0.15, 0.2) is 0 Å². The second-order valence-electron chi connectivity index (χ2n) is 6.30. The number of nitro groups is 1. The van der Waals surface area contributed by atoms with E-state index in [0.29, 0.717) is 24.4 Å². The van der Waals surface area contributed by atoms with Gasteiger partial charge in [0.05, 0.1) is 17.6 Å². The zero-order valence-electron chi connectivity index (χ0n) is 16.0. The highest BCUT2D eigenvalue weighted by molar-refractivity contribution is 5.89. The second-order valence-corrected chi connectivity index (χ2v) is 6.30. The molecular weight excluding hydrogens is 378 g/mol. The zero-order valence-corrected chi connectivity index (χ0v) is 16.0. The maximum absolute atomic E-state index is 11.8. The fourth-order valence-electron chi connectivity index (χ4n) is 3.03. The molecule has 2 heterocycles. The topological polar surface area (TPSA) is 111 Å². The van der Waals surface area contributed by atoms with Crippen LogP contribution in [0.5, 0.6) is 11.6 Å². The van der Waals surface area contributed by atoms with E-state index < -0.39 is 10.9 Å². The average molecular weight is 399 g/mol. The van der Waals surface area contributed by atoms with Gasteiger partial charge in [0.2, 0.25) is 5.82 Å². The number of nitrogens with zero attached hydrogens (tertiary/aromatic N) is 5. The van der Waals surface area contributed by atoms with E-state index in [2.05, 4.69) is 26.2 Å². The van der Waals surface area contributed by atoms with Gasteiger partial charge in [-0.2, -0.15) is 4.98 Å². The minimum atomic E-state index is -0.538. The molecule has 1 saturated heterocycles. The lowest BCUT2D eigenvalue weighted by atomic mass is 10.2. The van der Waals surface area contributed by atoms with E-state index in [1.54, 1.807) is 0 Å². The van der Waals surface area contributed by atoms with Crippen LogP contribution >= 0.6 is 0 Å².